The minimum atomic E-state index is -0.234. The molecule has 14 rings (SSSR count). The molecule has 0 bridgehead atoms. The van der Waals surface area contributed by atoms with E-state index in [4.69, 9.17) is 15.0 Å². The van der Waals surface area contributed by atoms with Crippen LogP contribution in [0.3, 0.4) is 0 Å². The second kappa shape index (κ2) is 15.2. The molecule has 9 aromatic carbocycles. The third-order valence-electron chi connectivity index (χ3n) is 15.0. The number of aromatic nitrogens is 5. The molecule has 0 aliphatic heterocycles. The van der Waals surface area contributed by atoms with Gasteiger partial charge in [-0.1, -0.05) is 202 Å². The number of rotatable bonds is 6. The molecule has 1 atom stereocenters. The maximum absolute atomic E-state index is 5.50. The fourth-order valence-electron chi connectivity index (χ4n) is 11.9. The fraction of sp³-hybridized carbons (Fsp3) is 0.0781. The van der Waals surface area contributed by atoms with Gasteiger partial charge in [0.25, 0.3) is 0 Å². The highest BCUT2D eigenvalue weighted by molar-refractivity contribution is 6.24. The third-order valence-corrected chi connectivity index (χ3v) is 15.0. The molecular weight excluding hydrogens is 839 g/mol. The van der Waals surface area contributed by atoms with E-state index in [9.17, 15) is 0 Å². The summed E-state index contributed by atoms with van der Waals surface area (Å²) in [5.74, 6) is 2.00. The Hall–Kier alpha value is -8.67. The topological polar surface area (TPSA) is 48.5 Å². The van der Waals surface area contributed by atoms with E-state index in [-0.39, 0.29) is 11.3 Å². The van der Waals surface area contributed by atoms with Crippen molar-refractivity contribution in [3.05, 3.63) is 241 Å². The zero-order valence-electron chi connectivity index (χ0n) is 38.3. The van der Waals surface area contributed by atoms with Crippen molar-refractivity contribution in [1.29, 1.82) is 0 Å². The predicted molar refractivity (Wildman–Crippen MR) is 285 cm³/mol. The molecule has 1 unspecified atom stereocenters. The number of nitrogens with zero attached hydrogens (tertiary/aromatic N) is 5. The minimum absolute atomic E-state index is 0.199. The van der Waals surface area contributed by atoms with E-state index in [2.05, 4.69) is 223 Å². The first-order valence-electron chi connectivity index (χ1n) is 24.0. The number of benzene rings is 9. The van der Waals surface area contributed by atoms with Crippen molar-refractivity contribution >= 4 is 65.7 Å². The zero-order valence-corrected chi connectivity index (χ0v) is 38.3. The first-order chi connectivity index (χ1) is 34.0. The summed E-state index contributed by atoms with van der Waals surface area (Å²) in [5, 5.41) is 7.16. The molecule has 0 amide bonds. The molecule has 3 heterocycles. The summed E-state index contributed by atoms with van der Waals surface area (Å²) >= 11 is 0. The van der Waals surface area contributed by atoms with Crippen LogP contribution in [0.25, 0.3) is 106 Å². The quantitative estimate of drug-likeness (QED) is 0.167. The van der Waals surface area contributed by atoms with Gasteiger partial charge < -0.3 is 4.57 Å². The van der Waals surface area contributed by atoms with E-state index in [0.717, 1.165) is 56.0 Å². The number of para-hydroxylation sites is 2. The molecule has 0 saturated carbocycles. The molecule has 2 aliphatic rings. The Bertz CT molecular complexity index is 4130. The van der Waals surface area contributed by atoms with Crippen LogP contribution < -0.4 is 0 Å². The van der Waals surface area contributed by atoms with Gasteiger partial charge in [0.1, 0.15) is 0 Å². The molecule has 0 saturated heterocycles. The van der Waals surface area contributed by atoms with Gasteiger partial charge in [-0.3, -0.25) is 4.57 Å². The van der Waals surface area contributed by atoms with Crippen molar-refractivity contribution in [1.82, 2.24) is 24.1 Å². The van der Waals surface area contributed by atoms with E-state index in [0.29, 0.717) is 17.6 Å². The SMILES string of the molecule is CC1(C)C2=C(n3c4ccccc4c4ccc5c6ccccc6n(-c6nc(-c7ccccc7)nc(-c7cccc(-c8ccccc8)c7)n6)c5c43)C=C(c3ccc4ccccc4c3)CC2c2ccccc21. The molecule has 5 heteroatoms. The molecule has 2 aliphatic carbocycles. The highest BCUT2D eigenvalue weighted by Crippen LogP contribution is 2.58. The second-order valence-corrected chi connectivity index (χ2v) is 19.2. The van der Waals surface area contributed by atoms with Crippen molar-refractivity contribution in [2.75, 3.05) is 0 Å². The molecule has 326 valence electrons. The van der Waals surface area contributed by atoms with Gasteiger partial charge in [-0.05, 0) is 86.5 Å². The summed E-state index contributed by atoms with van der Waals surface area (Å²) in [7, 11) is 0. The maximum Gasteiger partial charge on any atom is 0.238 e. The van der Waals surface area contributed by atoms with E-state index >= 15 is 0 Å². The summed E-state index contributed by atoms with van der Waals surface area (Å²) in [6.07, 6.45) is 3.45. The van der Waals surface area contributed by atoms with Gasteiger partial charge in [0.15, 0.2) is 11.6 Å². The Morgan fingerprint density at radius 1 is 0.435 bits per heavy atom. The normalized spacial score (nSPS) is 15.3. The van der Waals surface area contributed by atoms with Crippen molar-refractivity contribution in [2.45, 2.75) is 31.6 Å². The van der Waals surface area contributed by atoms with Crippen molar-refractivity contribution in [3.8, 4) is 39.9 Å². The summed E-state index contributed by atoms with van der Waals surface area (Å²) in [5.41, 5.74) is 16.3. The molecule has 5 nitrogen and oxygen atoms in total. The molecule has 3 aromatic heterocycles. The van der Waals surface area contributed by atoms with E-state index < -0.39 is 0 Å². The smallest absolute Gasteiger partial charge is 0.238 e. The lowest BCUT2D eigenvalue weighted by Crippen LogP contribution is -2.21. The molecule has 12 aromatic rings. The monoisotopic (exact) mass is 883 g/mol. The van der Waals surface area contributed by atoms with Crippen LogP contribution in [0.5, 0.6) is 0 Å². The average Bonchev–Trinajstić information content (AvgIpc) is 4.02. The highest BCUT2D eigenvalue weighted by Gasteiger charge is 2.45. The highest BCUT2D eigenvalue weighted by atomic mass is 15.2. The van der Waals surface area contributed by atoms with Crippen LogP contribution in [0.1, 0.15) is 42.9 Å². The second-order valence-electron chi connectivity index (χ2n) is 19.2. The van der Waals surface area contributed by atoms with E-state index in [1.54, 1.807) is 0 Å². The van der Waals surface area contributed by atoms with Crippen LogP contribution in [0.2, 0.25) is 0 Å². The van der Waals surface area contributed by atoms with E-state index in [1.807, 2.05) is 18.2 Å². The van der Waals surface area contributed by atoms with Gasteiger partial charge in [0, 0.05) is 49.7 Å². The zero-order chi connectivity index (χ0) is 45.8. The van der Waals surface area contributed by atoms with E-state index in [1.165, 1.54) is 60.6 Å². The maximum atomic E-state index is 5.50. The lowest BCUT2D eigenvalue weighted by Gasteiger charge is -2.32. The lowest BCUT2D eigenvalue weighted by atomic mass is 9.75. The van der Waals surface area contributed by atoms with Crippen molar-refractivity contribution in [2.24, 2.45) is 0 Å². The van der Waals surface area contributed by atoms with Crippen LogP contribution in [0, 0.1) is 0 Å². The number of hydrogen-bond donors (Lipinski definition) is 0. The Balaban J connectivity index is 1.10. The van der Waals surface area contributed by atoms with Crippen LogP contribution in [0.15, 0.2) is 224 Å². The molecule has 0 N–H and O–H groups in total. The first kappa shape index (κ1) is 39.5. The Morgan fingerprint density at radius 2 is 1.01 bits per heavy atom. The van der Waals surface area contributed by atoms with Gasteiger partial charge in [-0.15, -0.1) is 0 Å². The fourth-order valence-corrected chi connectivity index (χ4v) is 11.9. The van der Waals surface area contributed by atoms with Gasteiger partial charge in [0.05, 0.1) is 22.1 Å². The van der Waals surface area contributed by atoms with Gasteiger partial charge in [-0.2, -0.15) is 9.97 Å². The lowest BCUT2D eigenvalue weighted by molar-refractivity contribution is 0.614. The standard InChI is InChI=1S/C64H45N5/c1-64(2)54-29-14-11-26-48(54)53-38-47(45-33-32-41-20-9-10-23-43(41)36-45)39-57(58(53)64)68-55-30-15-12-27-49(55)51-34-35-52-50-28-13-16-31-56(50)69(60(52)59(51)68)63-66-61(42-21-7-4-8-22-42)65-62(67-63)46-25-17-24-44(37-46)40-18-5-3-6-19-40/h3-37,39,53H,38H2,1-2H3. The Morgan fingerprint density at radius 3 is 1.77 bits per heavy atom. The molecule has 69 heavy (non-hydrogen) atoms. The largest absolute Gasteiger partial charge is 0.307 e. The van der Waals surface area contributed by atoms with Gasteiger partial charge >= 0.3 is 0 Å². The molecule has 0 spiro atoms. The van der Waals surface area contributed by atoms with Crippen LogP contribution in [-0.4, -0.2) is 24.1 Å². The molecule has 0 radical (unpaired) electrons. The summed E-state index contributed by atoms with van der Waals surface area (Å²) in [4.78, 5) is 16.2. The van der Waals surface area contributed by atoms with Crippen LogP contribution in [-0.2, 0) is 5.41 Å². The number of fused-ring (bicyclic) bond motifs is 11. The first-order valence-corrected chi connectivity index (χ1v) is 24.0. The van der Waals surface area contributed by atoms with Crippen LogP contribution >= 0.6 is 0 Å². The van der Waals surface area contributed by atoms with Crippen LogP contribution in [0.4, 0.5) is 0 Å². The third kappa shape index (κ3) is 6.06. The minimum Gasteiger partial charge on any atom is -0.307 e. The van der Waals surface area contributed by atoms with Crippen molar-refractivity contribution < 1.29 is 0 Å². The average molecular weight is 884 g/mol. The molecule has 0 fully saturated rings. The van der Waals surface area contributed by atoms with Gasteiger partial charge in [0.2, 0.25) is 5.95 Å². The summed E-state index contributed by atoms with van der Waals surface area (Å²) < 4.78 is 4.91. The number of allylic oxidation sites excluding steroid dienone is 4. The summed E-state index contributed by atoms with van der Waals surface area (Å²) in [6.45, 7) is 4.86. The van der Waals surface area contributed by atoms with Crippen molar-refractivity contribution in [3.63, 3.8) is 0 Å². The Labute approximate surface area is 400 Å². The predicted octanol–water partition coefficient (Wildman–Crippen LogP) is 16.0. The number of hydrogen-bond acceptors (Lipinski definition) is 3. The molecular formula is C64H45N5. The van der Waals surface area contributed by atoms with Gasteiger partial charge in [-0.25, -0.2) is 4.98 Å². The summed E-state index contributed by atoms with van der Waals surface area (Å²) in [6, 6.07) is 76.5. The Kier molecular flexibility index (Phi) is 8.69.